The third-order valence-corrected chi connectivity index (χ3v) is 5.28. The van der Waals surface area contributed by atoms with E-state index in [0.717, 1.165) is 12.3 Å². The van der Waals surface area contributed by atoms with Crippen LogP contribution >= 0.6 is 11.3 Å². The molecular weight excluding hydrogens is 238 g/mol. The Balaban J connectivity index is 1.75. The molecule has 0 saturated heterocycles. The first kappa shape index (κ1) is 12.2. The van der Waals surface area contributed by atoms with Crippen LogP contribution in [-0.4, -0.2) is 6.04 Å². The molecule has 0 amide bonds. The van der Waals surface area contributed by atoms with Gasteiger partial charge in [-0.2, -0.15) is 0 Å². The minimum atomic E-state index is 0.350. The van der Waals surface area contributed by atoms with Crippen molar-refractivity contribution in [2.45, 2.75) is 44.6 Å². The molecule has 0 radical (unpaired) electrons. The zero-order valence-electron chi connectivity index (χ0n) is 10.8. The van der Waals surface area contributed by atoms with Crippen molar-refractivity contribution in [2.75, 3.05) is 0 Å². The molecule has 2 N–H and O–H groups in total. The molecule has 1 fully saturated rings. The molecule has 1 heterocycles. The number of thiophene rings is 1. The first-order valence-corrected chi connectivity index (χ1v) is 7.93. The topological polar surface area (TPSA) is 26.0 Å². The standard InChI is InChI=1S/C16H21NS/c17-15(12-6-2-1-3-7-12)10-13-11-18-16-9-5-4-8-14(13)16/h4-5,8-9,11-12,15H,1-3,6-7,10,17H2. The number of hydrogen-bond donors (Lipinski definition) is 1. The van der Waals surface area contributed by atoms with E-state index in [-0.39, 0.29) is 0 Å². The molecular formula is C16H21NS. The van der Waals surface area contributed by atoms with Gasteiger partial charge >= 0.3 is 0 Å². The second-order valence-electron chi connectivity index (χ2n) is 5.52. The smallest absolute Gasteiger partial charge is 0.0345 e. The second kappa shape index (κ2) is 5.41. The van der Waals surface area contributed by atoms with Crippen molar-refractivity contribution in [3.8, 4) is 0 Å². The lowest BCUT2D eigenvalue weighted by molar-refractivity contribution is 0.303. The average Bonchev–Trinajstić information content (AvgIpc) is 2.83. The molecule has 1 atom stereocenters. The lowest BCUT2D eigenvalue weighted by atomic mass is 9.82. The molecule has 1 nitrogen and oxygen atoms in total. The van der Waals surface area contributed by atoms with Crippen LogP contribution in [0.1, 0.15) is 37.7 Å². The minimum Gasteiger partial charge on any atom is -0.327 e. The Morgan fingerprint density at radius 2 is 1.94 bits per heavy atom. The third-order valence-electron chi connectivity index (χ3n) is 4.27. The molecule has 0 bridgehead atoms. The van der Waals surface area contributed by atoms with E-state index in [1.807, 2.05) is 11.3 Å². The van der Waals surface area contributed by atoms with Gasteiger partial charge in [-0.3, -0.25) is 0 Å². The van der Waals surface area contributed by atoms with Gasteiger partial charge in [0.15, 0.2) is 0 Å². The van der Waals surface area contributed by atoms with Gasteiger partial charge in [0.25, 0.3) is 0 Å². The molecule has 18 heavy (non-hydrogen) atoms. The summed E-state index contributed by atoms with van der Waals surface area (Å²) in [7, 11) is 0. The molecule has 0 spiro atoms. The van der Waals surface area contributed by atoms with E-state index in [1.54, 1.807) is 0 Å². The maximum atomic E-state index is 6.44. The van der Waals surface area contributed by atoms with Gasteiger partial charge in [0.2, 0.25) is 0 Å². The number of nitrogens with two attached hydrogens (primary N) is 1. The van der Waals surface area contributed by atoms with Crippen LogP contribution in [0, 0.1) is 5.92 Å². The Hall–Kier alpha value is -0.860. The summed E-state index contributed by atoms with van der Waals surface area (Å²) in [6, 6.07) is 9.03. The predicted octanol–water partition coefficient (Wildman–Crippen LogP) is 4.35. The lowest BCUT2D eigenvalue weighted by Crippen LogP contribution is -2.33. The largest absolute Gasteiger partial charge is 0.327 e. The number of benzene rings is 1. The van der Waals surface area contributed by atoms with Gasteiger partial charge in [0.1, 0.15) is 0 Å². The summed E-state index contributed by atoms with van der Waals surface area (Å²) < 4.78 is 1.39. The van der Waals surface area contributed by atoms with Crippen molar-refractivity contribution < 1.29 is 0 Å². The molecule has 2 aromatic rings. The molecule has 96 valence electrons. The third kappa shape index (κ3) is 2.45. The van der Waals surface area contributed by atoms with Crippen molar-refractivity contribution in [1.29, 1.82) is 0 Å². The molecule has 1 aliphatic carbocycles. The van der Waals surface area contributed by atoms with Gasteiger partial charge in [-0.15, -0.1) is 11.3 Å². The van der Waals surface area contributed by atoms with Gasteiger partial charge in [-0.25, -0.2) is 0 Å². The Labute approximate surface area is 113 Å². The Morgan fingerprint density at radius 3 is 2.78 bits per heavy atom. The van der Waals surface area contributed by atoms with Crippen molar-refractivity contribution in [2.24, 2.45) is 11.7 Å². The van der Waals surface area contributed by atoms with E-state index >= 15 is 0 Å². The van der Waals surface area contributed by atoms with E-state index in [4.69, 9.17) is 5.73 Å². The normalized spacial score (nSPS) is 19.2. The van der Waals surface area contributed by atoms with Crippen LogP contribution in [0.5, 0.6) is 0 Å². The Bertz CT molecular complexity index is 511. The fraction of sp³-hybridized carbons (Fsp3) is 0.500. The summed E-state index contributed by atoms with van der Waals surface area (Å²) in [5.41, 5.74) is 7.89. The van der Waals surface area contributed by atoms with Crippen LogP contribution in [-0.2, 0) is 6.42 Å². The van der Waals surface area contributed by atoms with Gasteiger partial charge in [-0.05, 0) is 47.6 Å². The zero-order chi connectivity index (χ0) is 12.4. The maximum absolute atomic E-state index is 6.44. The van der Waals surface area contributed by atoms with Gasteiger partial charge in [0.05, 0.1) is 0 Å². The lowest BCUT2D eigenvalue weighted by Gasteiger charge is -2.27. The van der Waals surface area contributed by atoms with Crippen molar-refractivity contribution in [3.63, 3.8) is 0 Å². The van der Waals surface area contributed by atoms with Crippen LogP contribution in [0.25, 0.3) is 10.1 Å². The predicted molar refractivity (Wildman–Crippen MR) is 80.1 cm³/mol. The summed E-state index contributed by atoms with van der Waals surface area (Å²) in [6.45, 7) is 0. The van der Waals surface area contributed by atoms with Crippen molar-refractivity contribution in [1.82, 2.24) is 0 Å². The highest BCUT2D eigenvalue weighted by molar-refractivity contribution is 7.17. The van der Waals surface area contributed by atoms with Gasteiger partial charge < -0.3 is 5.73 Å². The van der Waals surface area contributed by atoms with E-state index in [2.05, 4.69) is 29.6 Å². The first-order chi connectivity index (χ1) is 8.84. The Morgan fingerprint density at radius 1 is 1.17 bits per heavy atom. The minimum absolute atomic E-state index is 0.350. The molecule has 1 aromatic carbocycles. The fourth-order valence-corrected chi connectivity index (χ4v) is 4.15. The molecule has 1 unspecified atom stereocenters. The average molecular weight is 259 g/mol. The van der Waals surface area contributed by atoms with E-state index in [0.29, 0.717) is 6.04 Å². The molecule has 1 aliphatic rings. The summed E-state index contributed by atoms with van der Waals surface area (Å²) >= 11 is 1.85. The van der Waals surface area contributed by atoms with Crippen molar-refractivity contribution in [3.05, 3.63) is 35.2 Å². The molecule has 3 rings (SSSR count). The summed E-state index contributed by atoms with van der Waals surface area (Å²) in [4.78, 5) is 0. The molecule has 0 aliphatic heterocycles. The van der Waals surface area contributed by atoms with Gasteiger partial charge in [-0.1, -0.05) is 37.5 Å². The second-order valence-corrected chi connectivity index (χ2v) is 6.43. The fourth-order valence-electron chi connectivity index (χ4n) is 3.17. The number of rotatable bonds is 3. The Kier molecular flexibility index (Phi) is 3.67. The maximum Gasteiger partial charge on any atom is 0.0345 e. The number of fused-ring (bicyclic) bond motifs is 1. The summed E-state index contributed by atoms with van der Waals surface area (Å²) in [6.07, 6.45) is 7.89. The van der Waals surface area contributed by atoms with Crippen LogP contribution in [0.4, 0.5) is 0 Å². The van der Waals surface area contributed by atoms with E-state index < -0.39 is 0 Å². The van der Waals surface area contributed by atoms with E-state index in [9.17, 15) is 0 Å². The van der Waals surface area contributed by atoms with E-state index in [1.165, 1.54) is 47.8 Å². The monoisotopic (exact) mass is 259 g/mol. The van der Waals surface area contributed by atoms with Crippen LogP contribution in [0.3, 0.4) is 0 Å². The first-order valence-electron chi connectivity index (χ1n) is 7.05. The highest BCUT2D eigenvalue weighted by Crippen LogP contribution is 2.30. The molecule has 1 saturated carbocycles. The highest BCUT2D eigenvalue weighted by Gasteiger charge is 2.21. The van der Waals surface area contributed by atoms with Gasteiger partial charge in [0, 0.05) is 10.7 Å². The molecule has 1 aromatic heterocycles. The number of hydrogen-bond acceptors (Lipinski definition) is 2. The summed E-state index contributed by atoms with van der Waals surface area (Å²) in [5.74, 6) is 0.748. The van der Waals surface area contributed by atoms with Crippen LogP contribution < -0.4 is 5.73 Å². The SMILES string of the molecule is NC(Cc1csc2ccccc12)C1CCCCC1. The van der Waals surface area contributed by atoms with Crippen LogP contribution in [0.2, 0.25) is 0 Å². The zero-order valence-corrected chi connectivity index (χ0v) is 11.6. The highest BCUT2D eigenvalue weighted by atomic mass is 32.1. The van der Waals surface area contributed by atoms with Crippen molar-refractivity contribution >= 4 is 21.4 Å². The quantitative estimate of drug-likeness (QED) is 0.871. The molecule has 2 heteroatoms. The summed E-state index contributed by atoms with van der Waals surface area (Å²) in [5, 5.41) is 3.71. The van der Waals surface area contributed by atoms with Crippen LogP contribution in [0.15, 0.2) is 29.6 Å².